The van der Waals surface area contributed by atoms with E-state index in [0.717, 1.165) is 6.08 Å². The van der Waals surface area contributed by atoms with E-state index in [1.165, 1.54) is 36.4 Å². The number of halogens is 2. The highest BCUT2D eigenvalue weighted by Gasteiger charge is 2.07. The van der Waals surface area contributed by atoms with Gasteiger partial charge < -0.3 is 14.8 Å². The van der Waals surface area contributed by atoms with E-state index < -0.39 is 25.1 Å². The topological polar surface area (TPSA) is 88.4 Å². The smallest absolute Gasteiger partial charge is 0.387 e. The Balaban J connectivity index is 1.80. The number of carbonyl (C=O) groups excluding carboxylic acids is 2. The Morgan fingerprint density at radius 3 is 2.59 bits per heavy atom. The highest BCUT2D eigenvalue weighted by Crippen LogP contribution is 2.15. The van der Waals surface area contributed by atoms with Crippen molar-refractivity contribution in [2.24, 2.45) is 0 Å². The molecule has 0 spiro atoms. The lowest BCUT2D eigenvalue weighted by atomic mass is 10.2. The molecule has 0 fully saturated rings. The normalized spacial score (nSPS) is 10.4. The van der Waals surface area contributed by atoms with Gasteiger partial charge in [-0.3, -0.25) is 4.79 Å². The molecule has 138 valence electrons. The third-order valence-corrected chi connectivity index (χ3v) is 3.14. The van der Waals surface area contributed by atoms with Crippen molar-refractivity contribution in [3.05, 3.63) is 65.7 Å². The Bertz CT molecular complexity index is 874. The molecule has 6 nitrogen and oxygen atoms in total. The number of anilines is 1. The second-order valence-corrected chi connectivity index (χ2v) is 5.13. The molecule has 2 aromatic rings. The summed E-state index contributed by atoms with van der Waals surface area (Å²) < 4.78 is 33.1. The number of nitrogens with zero attached hydrogens (tertiary/aromatic N) is 1. The van der Waals surface area contributed by atoms with Crippen LogP contribution in [-0.2, 0) is 14.3 Å². The van der Waals surface area contributed by atoms with Crippen LogP contribution in [0.15, 0.2) is 54.6 Å². The summed E-state index contributed by atoms with van der Waals surface area (Å²) in [5.41, 5.74) is 1.36. The van der Waals surface area contributed by atoms with Gasteiger partial charge in [0.2, 0.25) is 0 Å². The standard InChI is InChI=1S/C19H14F2N2O4/c20-19(21)27-16-7-4-13(5-8-16)6-9-18(25)26-12-17(24)23-15-3-1-2-14(10-15)11-22/h1-10,19H,12H2,(H,23,24). The Morgan fingerprint density at radius 1 is 1.19 bits per heavy atom. The van der Waals surface area contributed by atoms with Gasteiger partial charge in [0.1, 0.15) is 5.75 Å². The number of esters is 1. The Hall–Kier alpha value is -3.73. The van der Waals surface area contributed by atoms with E-state index in [4.69, 9.17) is 10.00 Å². The zero-order chi connectivity index (χ0) is 19.6. The van der Waals surface area contributed by atoms with Gasteiger partial charge in [0, 0.05) is 11.8 Å². The molecule has 0 aliphatic rings. The highest BCUT2D eigenvalue weighted by atomic mass is 19.3. The van der Waals surface area contributed by atoms with E-state index in [0.29, 0.717) is 16.8 Å². The van der Waals surface area contributed by atoms with Crippen molar-refractivity contribution < 1.29 is 27.8 Å². The summed E-state index contributed by atoms with van der Waals surface area (Å²) in [6.45, 7) is -3.41. The van der Waals surface area contributed by atoms with E-state index in [9.17, 15) is 18.4 Å². The van der Waals surface area contributed by atoms with Gasteiger partial charge in [-0.15, -0.1) is 0 Å². The summed E-state index contributed by atoms with van der Waals surface area (Å²) in [4.78, 5) is 23.4. The summed E-state index contributed by atoms with van der Waals surface area (Å²) in [6, 6.07) is 13.9. The van der Waals surface area contributed by atoms with Crippen LogP contribution in [0.1, 0.15) is 11.1 Å². The average Bonchev–Trinajstić information content (AvgIpc) is 2.65. The first-order valence-corrected chi connectivity index (χ1v) is 7.66. The Kier molecular flexibility index (Phi) is 7.02. The maximum atomic E-state index is 12.1. The maximum absolute atomic E-state index is 12.1. The van der Waals surface area contributed by atoms with Crippen LogP contribution in [0, 0.1) is 11.3 Å². The van der Waals surface area contributed by atoms with E-state index in [2.05, 4.69) is 10.1 Å². The van der Waals surface area contributed by atoms with Gasteiger partial charge in [0.15, 0.2) is 6.61 Å². The van der Waals surface area contributed by atoms with Gasteiger partial charge in [0.05, 0.1) is 11.6 Å². The number of rotatable bonds is 7. The minimum Gasteiger partial charge on any atom is -0.452 e. The number of nitrogens with one attached hydrogen (secondary N) is 1. The van der Waals surface area contributed by atoms with E-state index in [-0.39, 0.29) is 5.75 Å². The van der Waals surface area contributed by atoms with Gasteiger partial charge in [-0.1, -0.05) is 18.2 Å². The molecule has 1 amide bonds. The molecular formula is C19H14F2N2O4. The first-order chi connectivity index (χ1) is 13.0. The van der Waals surface area contributed by atoms with Crippen molar-refractivity contribution in [2.45, 2.75) is 6.61 Å². The Morgan fingerprint density at radius 2 is 1.93 bits per heavy atom. The molecule has 0 aliphatic carbocycles. The number of nitriles is 1. The minimum absolute atomic E-state index is 0.00173. The predicted octanol–water partition coefficient (Wildman–Crippen LogP) is 3.35. The van der Waals surface area contributed by atoms with Crippen LogP contribution >= 0.6 is 0 Å². The van der Waals surface area contributed by atoms with Gasteiger partial charge in [-0.25, -0.2) is 4.79 Å². The monoisotopic (exact) mass is 372 g/mol. The summed E-state index contributed by atoms with van der Waals surface area (Å²) in [5.74, 6) is -1.30. The summed E-state index contributed by atoms with van der Waals surface area (Å²) in [5, 5.41) is 11.3. The molecule has 2 rings (SSSR count). The van der Waals surface area contributed by atoms with Gasteiger partial charge >= 0.3 is 12.6 Å². The molecule has 0 radical (unpaired) electrons. The highest BCUT2D eigenvalue weighted by molar-refractivity contribution is 5.94. The second-order valence-electron chi connectivity index (χ2n) is 5.13. The zero-order valence-corrected chi connectivity index (χ0v) is 13.9. The SMILES string of the molecule is N#Cc1cccc(NC(=O)COC(=O)C=Cc2ccc(OC(F)F)cc2)c1. The molecule has 0 saturated heterocycles. The quantitative estimate of drug-likeness (QED) is 0.595. The van der Waals surface area contributed by atoms with Crippen LogP contribution in [0.25, 0.3) is 6.08 Å². The third-order valence-electron chi connectivity index (χ3n) is 3.14. The fraction of sp³-hybridized carbons (Fsp3) is 0.105. The summed E-state index contributed by atoms with van der Waals surface area (Å²) >= 11 is 0. The van der Waals surface area contributed by atoms with Crippen LogP contribution < -0.4 is 10.1 Å². The molecule has 0 saturated carbocycles. The first-order valence-electron chi connectivity index (χ1n) is 7.66. The number of carbonyl (C=O) groups is 2. The molecule has 0 heterocycles. The van der Waals surface area contributed by atoms with Crippen molar-refractivity contribution in [1.82, 2.24) is 0 Å². The number of amides is 1. The van der Waals surface area contributed by atoms with Crippen molar-refractivity contribution in [3.63, 3.8) is 0 Å². The van der Waals surface area contributed by atoms with Gasteiger partial charge in [0.25, 0.3) is 5.91 Å². The van der Waals surface area contributed by atoms with Crippen LogP contribution in [0.4, 0.5) is 14.5 Å². The largest absolute Gasteiger partial charge is 0.452 e. The predicted molar refractivity (Wildman–Crippen MR) is 92.9 cm³/mol. The van der Waals surface area contributed by atoms with Crippen molar-refractivity contribution in [2.75, 3.05) is 11.9 Å². The van der Waals surface area contributed by atoms with Crippen LogP contribution in [-0.4, -0.2) is 25.1 Å². The molecule has 8 heteroatoms. The molecule has 0 unspecified atom stereocenters. The minimum atomic E-state index is -2.91. The van der Waals surface area contributed by atoms with E-state index >= 15 is 0 Å². The number of hydrogen-bond acceptors (Lipinski definition) is 5. The number of alkyl halides is 2. The number of hydrogen-bond donors (Lipinski definition) is 1. The van der Waals surface area contributed by atoms with E-state index in [1.54, 1.807) is 18.2 Å². The fourth-order valence-electron chi connectivity index (χ4n) is 1.97. The van der Waals surface area contributed by atoms with Crippen molar-refractivity contribution >= 4 is 23.6 Å². The molecule has 0 aromatic heterocycles. The molecular weight excluding hydrogens is 358 g/mol. The average molecular weight is 372 g/mol. The van der Waals surface area contributed by atoms with Crippen LogP contribution in [0.5, 0.6) is 5.75 Å². The summed E-state index contributed by atoms with van der Waals surface area (Å²) in [6.07, 6.45) is 2.51. The second kappa shape index (κ2) is 9.68. The molecule has 0 aliphatic heterocycles. The Labute approximate surface area is 153 Å². The lowest BCUT2D eigenvalue weighted by Crippen LogP contribution is -2.20. The lowest BCUT2D eigenvalue weighted by Gasteiger charge is -2.05. The van der Waals surface area contributed by atoms with Gasteiger partial charge in [-0.2, -0.15) is 14.0 Å². The van der Waals surface area contributed by atoms with Crippen molar-refractivity contribution in [3.8, 4) is 11.8 Å². The number of benzene rings is 2. The molecule has 27 heavy (non-hydrogen) atoms. The first kappa shape index (κ1) is 19.6. The van der Waals surface area contributed by atoms with Crippen LogP contribution in [0.3, 0.4) is 0 Å². The third kappa shape index (κ3) is 6.96. The van der Waals surface area contributed by atoms with Crippen LogP contribution in [0.2, 0.25) is 0 Å². The lowest BCUT2D eigenvalue weighted by molar-refractivity contribution is -0.142. The van der Waals surface area contributed by atoms with Crippen molar-refractivity contribution in [1.29, 1.82) is 5.26 Å². The molecule has 0 bridgehead atoms. The zero-order valence-electron chi connectivity index (χ0n) is 13.9. The molecule has 1 N–H and O–H groups in total. The van der Waals surface area contributed by atoms with Gasteiger partial charge in [-0.05, 0) is 42.0 Å². The molecule has 2 aromatic carbocycles. The molecule has 0 atom stereocenters. The number of ether oxygens (including phenoxy) is 2. The maximum Gasteiger partial charge on any atom is 0.387 e. The van der Waals surface area contributed by atoms with E-state index in [1.807, 2.05) is 6.07 Å². The summed E-state index contributed by atoms with van der Waals surface area (Å²) in [7, 11) is 0. The fourth-order valence-corrected chi connectivity index (χ4v) is 1.97.